The van der Waals surface area contributed by atoms with E-state index >= 15 is 0 Å². The Kier molecular flexibility index (Phi) is 3.04. The molecule has 0 atom stereocenters. The second-order valence-corrected chi connectivity index (χ2v) is 1.81. The molecule has 0 heterocycles. The van der Waals surface area contributed by atoms with Crippen LogP contribution in [0.2, 0.25) is 0 Å². The number of Topliss-reactive ketones (excluding diaryl/α,β-unsaturated/α-hetero) is 1. The van der Waals surface area contributed by atoms with Gasteiger partial charge in [0, 0.05) is 6.92 Å². The van der Waals surface area contributed by atoms with Gasteiger partial charge in [-0.15, -0.1) is 0 Å². The number of hydrogen-bond donors (Lipinski definition) is 1. The van der Waals surface area contributed by atoms with Crippen molar-refractivity contribution < 1.29 is 19.4 Å². The maximum absolute atomic E-state index is 10.4. The van der Waals surface area contributed by atoms with Crippen molar-refractivity contribution in [1.82, 2.24) is 0 Å². The number of hydrogen-bond acceptors (Lipinski definition) is 3. The van der Waals surface area contributed by atoms with Gasteiger partial charge in [-0.2, -0.15) is 0 Å². The molecule has 0 aliphatic carbocycles. The van der Waals surface area contributed by atoms with Gasteiger partial charge < -0.3 is 9.84 Å². The maximum Gasteiger partial charge on any atom is 0.371 e. The quantitative estimate of drug-likeness (QED) is 0.480. The van der Waals surface area contributed by atoms with Crippen LogP contribution < -0.4 is 0 Å². The Morgan fingerprint density at radius 2 is 1.73 bits per heavy atom. The molecule has 0 aliphatic heterocycles. The van der Waals surface area contributed by atoms with Crippen molar-refractivity contribution in [3.05, 3.63) is 24.7 Å². The van der Waals surface area contributed by atoms with E-state index in [0.29, 0.717) is 0 Å². The highest BCUT2D eigenvalue weighted by atomic mass is 16.5. The summed E-state index contributed by atoms with van der Waals surface area (Å²) in [5, 5.41) is 8.24. The highest BCUT2D eigenvalue weighted by Crippen LogP contribution is 2.02. The van der Waals surface area contributed by atoms with Gasteiger partial charge in [0.1, 0.15) is 0 Å². The molecule has 0 radical (unpaired) electrons. The lowest BCUT2D eigenvalue weighted by molar-refractivity contribution is -0.136. The van der Waals surface area contributed by atoms with Crippen molar-refractivity contribution in [2.24, 2.45) is 0 Å². The molecule has 0 amide bonds. The standard InChI is InChI=1S/C7H8O4/c1-4(8)5(2)11-6(3)7(9)10/h2-3H2,1H3,(H,9,10). The second kappa shape index (κ2) is 3.55. The molecule has 0 unspecified atom stereocenters. The van der Waals surface area contributed by atoms with Crippen LogP contribution in [-0.2, 0) is 14.3 Å². The number of aliphatic carboxylic acids is 1. The summed E-state index contributed by atoms with van der Waals surface area (Å²) < 4.78 is 4.44. The van der Waals surface area contributed by atoms with Gasteiger partial charge in [-0.1, -0.05) is 6.58 Å². The Hall–Kier alpha value is -1.58. The minimum atomic E-state index is -1.31. The van der Waals surface area contributed by atoms with Gasteiger partial charge in [0.05, 0.1) is 0 Å². The third-order valence-electron chi connectivity index (χ3n) is 0.878. The molecule has 0 rings (SSSR count). The van der Waals surface area contributed by atoms with E-state index in [2.05, 4.69) is 17.9 Å². The van der Waals surface area contributed by atoms with E-state index in [1.54, 1.807) is 0 Å². The summed E-state index contributed by atoms with van der Waals surface area (Å²) >= 11 is 0. The highest BCUT2D eigenvalue weighted by molar-refractivity contribution is 5.92. The Balaban J connectivity index is 4.07. The fourth-order valence-corrected chi connectivity index (χ4v) is 0.264. The summed E-state index contributed by atoms with van der Waals surface area (Å²) in [5.74, 6) is -2.47. The van der Waals surface area contributed by atoms with Crippen LogP contribution in [0.25, 0.3) is 0 Å². The zero-order valence-corrected chi connectivity index (χ0v) is 6.09. The van der Waals surface area contributed by atoms with E-state index in [4.69, 9.17) is 5.11 Å². The molecule has 60 valence electrons. The number of rotatable bonds is 4. The third kappa shape index (κ3) is 3.20. The Morgan fingerprint density at radius 3 is 2.00 bits per heavy atom. The summed E-state index contributed by atoms with van der Waals surface area (Å²) in [4.78, 5) is 20.5. The monoisotopic (exact) mass is 156 g/mol. The second-order valence-electron chi connectivity index (χ2n) is 1.81. The van der Waals surface area contributed by atoms with Crippen LogP contribution in [-0.4, -0.2) is 16.9 Å². The molecule has 1 N–H and O–H groups in total. The van der Waals surface area contributed by atoms with Crippen LogP contribution in [0, 0.1) is 0 Å². The van der Waals surface area contributed by atoms with Crippen molar-refractivity contribution in [3.63, 3.8) is 0 Å². The molecule has 11 heavy (non-hydrogen) atoms. The van der Waals surface area contributed by atoms with Crippen LogP contribution in [0.1, 0.15) is 6.92 Å². The SMILES string of the molecule is C=C(OC(=C)C(=O)O)C(C)=O. The molecular weight excluding hydrogens is 148 g/mol. The van der Waals surface area contributed by atoms with Crippen molar-refractivity contribution in [2.75, 3.05) is 0 Å². The first-order valence-corrected chi connectivity index (χ1v) is 2.75. The van der Waals surface area contributed by atoms with Crippen LogP contribution in [0.15, 0.2) is 24.7 Å². The minimum Gasteiger partial charge on any atom is -0.475 e. The van der Waals surface area contributed by atoms with Crippen molar-refractivity contribution in [3.8, 4) is 0 Å². The lowest BCUT2D eigenvalue weighted by atomic mass is 10.4. The number of carbonyl (C=O) groups is 2. The topological polar surface area (TPSA) is 63.6 Å². The van der Waals surface area contributed by atoms with Crippen LogP contribution in [0.5, 0.6) is 0 Å². The number of carbonyl (C=O) groups excluding carboxylic acids is 1. The average Bonchev–Trinajstić information content (AvgIpc) is 1.87. The molecule has 0 bridgehead atoms. The largest absolute Gasteiger partial charge is 0.475 e. The minimum absolute atomic E-state index is 0.225. The first-order valence-electron chi connectivity index (χ1n) is 2.75. The Bertz CT molecular complexity index is 203. The van der Waals surface area contributed by atoms with Crippen LogP contribution >= 0.6 is 0 Å². The van der Waals surface area contributed by atoms with Crippen molar-refractivity contribution >= 4 is 11.8 Å². The van der Waals surface area contributed by atoms with Gasteiger partial charge in [-0.3, -0.25) is 4.79 Å². The number of carboxylic acid groups (broad SMARTS) is 1. The predicted molar refractivity (Wildman–Crippen MR) is 37.7 cm³/mol. The highest BCUT2D eigenvalue weighted by Gasteiger charge is 2.09. The molecule has 0 aromatic heterocycles. The zero-order valence-electron chi connectivity index (χ0n) is 6.09. The fourth-order valence-electron chi connectivity index (χ4n) is 0.264. The molecule has 0 aromatic rings. The van der Waals surface area contributed by atoms with E-state index in [1.165, 1.54) is 6.92 Å². The molecule has 0 aromatic carbocycles. The van der Waals surface area contributed by atoms with E-state index in [9.17, 15) is 9.59 Å². The number of allylic oxidation sites excluding steroid dienone is 1. The number of carboxylic acids is 1. The molecule has 0 saturated carbocycles. The van der Waals surface area contributed by atoms with E-state index in [1.807, 2.05) is 0 Å². The molecule has 4 heteroatoms. The van der Waals surface area contributed by atoms with Gasteiger partial charge in [-0.05, 0) is 6.58 Å². The van der Waals surface area contributed by atoms with Gasteiger partial charge in [0.25, 0.3) is 0 Å². The van der Waals surface area contributed by atoms with E-state index < -0.39 is 17.5 Å². The lowest BCUT2D eigenvalue weighted by Crippen LogP contribution is -2.06. The smallest absolute Gasteiger partial charge is 0.371 e. The summed E-state index contributed by atoms with van der Waals surface area (Å²) in [6.45, 7) is 7.44. The maximum atomic E-state index is 10.4. The molecule has 0 saturated heterocycles. The average molecular weight is 156 g/mol. The fraction of sp³-hybridized carbons (Fsp3) is 0.143. The van der Waals surface area contributed by atoms with Crippen molar-refractivity contribution in [2.45, 2.75) is 6.92 Å². The third-order valence-corrected chi connectivity index (χ3v) is 0.878. The lowest BCUT2D eigenvalue weighted by Gasteiger charge is -2.02. The summed E-state index contributed by atoms with van der Waals surface area (Å²) in [5.41, 5.74) is 0. The molecule has 4 nitrogen and oxygen atoms in total. The summed E-state index contributed by atoms with van der Waals surface area (Å²) in [6.07, 6.45) is 0. The number of ketones is 1. The Labute approximate surface area is 63.8 Å². The molecular formula is C7H8O4. The van der Waals surface area contributed by atoms with Crippen LogP contribution in [0.4, 0.5) is 0 Å². The van der Waals surface area contributed by atoms with Crippen molar-refractivity contribution in [1.29, 1.82) is 0 Å². The van der Waals surface area contributed by atoms with Gasteiger partial charge >= 0.3 is 5.97 Å². The summed E-state index contributed by atoms with van der Waals surface area (Å²) in [6, 6.07) is 0. The molecule has 0 aliphatic rings. The van der Waals surface area contributed by atoms with Gasteiger partial charge in [0.15, 0.2) is 11.5 Å². The molecule has 0 spiro atoms. The zero-order chi connectivity index (χ0) is 9.02. The molecule has 0 fully saturated rings. The van der Waals surface area contributed by atoms with Gasteiger partial charge in [0.2, 0.25) is 5.76 Å². The first-order chi connectivity index (χ1) is 4.95. The Morgan fingerprint density at radius 1 is 1.27 bits per heavy atom. The van der Waals surface area contributed by atoms with Gasteiger partial charge in [-0.25, -0.2) is 4.79 Å². The first kappa shape index (κ1) is 9.42. The number of ether oxygens (including phenoxy) is 1. The predicted octanol–water partition coefficient (Wildman–Crippen LogP) is 0.704. The van der Waals surface area contributed by atoms with Crippen LogP contribution in [0.3, 0.4) is 0 Å². The summed E-state index contributed by atoms with van der Waals surface area (Å²) in [7, 11) is 0. The van der Waals surface area contributed by atoms with E-state index in [-0.39, 0.29) is 5.76 Å². The normalized spacial score (nSPS) is 8.45. The van der Waals surface area contributed by atoms with E-state index in [0.717, 1.165) is 0 Å².